The summed E-state index contributed by atoms with van der Waals surface area (Å²) in [7, 11) is 0. The zero-order valence-corrected chi connectivity index (χ0v) is 14.7. The monoisotopic (exact) mass is 363 g/mol. The first-order valence-electron chi connectivity index (χ1n) is 8.87. The standard InChI is InChI=1S/C21H21N3O3/c25-20(24-26)10-7-14-5-8-15(9-6-14)21-23-17(13-27-21)11-16-12-22-19-4-2-1-3-18(16)19/h1-10,12,17,21-23,26H,11,13H2,(H,24,25)/t17-,21?/m1/s1. The molecule has 0 saturated carbocycles. The first-order valence-corrected chi connectivity index (χ1v) is 8.87. The number of fused-ring (bicyclic) bond motifs is 1. The number of hydrogen-bond donors (Lipinski definition) is 4. The Morgan fingerprint density at radius 1 is 1.22 bits per heavy atom. The van der Waals surface area contributed by atoms with Crippen molar-refractivity contribution in [3.63, 3.8) is 0 Å². The highest BCUT2D eigenvalue weighted by Gasteiger charge is 2.26. The van der Waals surface area contributed by atoms with E-state index < -0.39 is 5.91 Å². The Hall–Kier alpha value is -2.93. The van der Waals surface area contributed by atoms with Crippen LogP contribution in [0.2, 0.25) is 0 Å². The normalized spacial score (nSPS) is 19.7. The third-order valence-electron chi connectivity index (χ3n) is 4.77. The smallest absolute Gasteiger partial charge is 0.267 e. The zero-order valence-electron chi connectivity index (χ0n) is 14.7. The number of benzene rings is 2. The predicted molar refractivity (Wildman–Crippen MR) is 103 cm³/mol. The zero-order chi connectivity index (χ0) is 18.6. The van der Waals surface area contributed by atoms with Gasteiger partial charge in [-0.15, -0.1) is 0 Å². The van der Waals surface area contributed by atoms with Crippen LogP contribution in [0, 0.1) is 0 Å². The van der Waals surface area contributed by atoms with E-state index in [1.54, 1.807) is 11.6 Å². The summed E-state index contributed by atoms with van der Waals surface area (Å²) in [6, 6.07) is 16.3. The molecule has 4 rings (SSSR count). The molecule has 1 aromatic heterocycles. The van der Waals surface area contributed by atoms with Crippen molar-refractivity contribution in [2.45, 2.75) is 18.7 Å². The first kappa shape index (κ1) is 17.5. The molecule has 0 aliphatic carbocycles. The predicted octanol–water partition coefficient (Wildman–Crippen LogP) is 2.92. The molecule has 1 unspecified atom stereocenters. The first-order chi connectivity index (χ1) is 13.2. The Bertz CT molecular complexity index is 962. The van der Waals surface area contributed by atoms with Gasteiger partial charge in [0.05, 0.1) is 6.61 Å². The quantitative estimate of drug-likeness (QED) is 0.319. The molecule has 138 valence electrons. The van der Waals surface area contributed by atoms with Crippen molar-refractivity contribution in [1.29, 1.82) is 0 Å². The number of aromatic nitrogens is 1. The van der Waals surface area contributed by atoms with E-state index in [0.717, 1.165) is 23.1 Å². The van der Waals surface area contributed by atoms with Crippen LogP contribution in [0.1, 0.15) is 22.9 Å². The van der Waals surface area contributed by atoms with Gasteiger partial charge in [-0.2, -0.15) is 0 Å². The van der Waals surface area contributed by atoms with E-state index in [1.807, 2.05) is 30.3 Å². The summed E-state index contributed by atoms with van der Waals surface area (Å²) >= 11 is 0. The Kier molecular flexibility index (Phi) is 5.02. The average Bonchev–Trinajstić information content (AvgIpc) is 3.34. The van der Waals surface area contributed by atoms with Gasteiger partial charge in [0.1, 0.15) is 6.23 Å². The Labute approximate surface area is 156 Å². The van der Waals surface area contributed by atoms with Crippen molar-refractivity contribution >= 4 is 22.9 Å². The van der Waals surface area contributed by atoms with Crippen LogP contribution in [0.25, 0.3) is 17.0 Å². The lowest BCUT2D eigenvalue weighted by atomic mass is 10.1. The van der Waals surface area contributed by atoms with Crippen molar-refractivity contribution in [1.82, 2.24) is 15.8 Å². The summed E-state index contributed by atoms with van der Waals surface area (Å²) in [5.41, 5.74) is 5.92. The number of hydrogen-bond acceptors (Lipinski definition) is 4. The van der Waals surface area contributed by atoms with Gasteiger partial charge in [0.25, 0.3) is 5.91 Å². The van der Waals surface area contributed by atoms with Gasteiger partial charge < -0.3 is 9.72 Å². The Balaban J connectivity index is 1.39. The third kappa shape index (κ3) is 3.93. The van der Waals surface area contributed by atoms with E-state index in [4.69, 9.17) is 9.94 Å². The molecule has 1 fully saturated rings. The van der Waals surface area contributed by atoms with E-state index in [-0.39, 0.29) is 12.3 Å². The molecular formula is C21H21N3O3. The number of ether oxygens (including phenoxy) is 1. The number of para-hydroxylation sites is 1. The van der Waals surface area contributed by atoms with Gasteiger partial charge in [0.2, 0.25) is 0 Å². The van der Waals surface area contributed by atoms with E-state index in [2.05, 4.69) is 34.7 Å². The maximum absolute atomic E-state index is 11.0. The van der Waals surface area contributed by atoms with E-state index in [1.165, 1.54) is 17.0 Å². The second kappa shape index (κ2) is 7.75. The van der Waals surface area contributed by atoms with Crippen LogP contribution >= 0.6 is 0 Å². The number of aromatic amines is 1. The minimum atomic E-state index is -0.556. The van der Waals surface area contributed by atoms with Crippen LogP contribution in [-0.2, 0) is 16.0 Å². The minimum Gasteiger partial charge on any atom is -0.361 e. The number of amides is 1. The molecule has 3 aromatic rings. The molecule has 6 nitrogen and oxygen atoms in total. The Morgan fingerprint density at radius 2 is 2.04 bits per heavy atom. The molecule has 2 aromatic carbocycles. The van der Waals surface area contributed by atoms with Crippen molar-refractivity contribution in [3.05, 3.63) is 77.5 Å². The molecule has 1 aliphatic rings. The SMILES string of the molecule is O=C(C=Cc1ccc(C2N[C@H](Cc3c[nH]c4ccccc34)CO2)cc1)NO. The maximum atomic E-state index is 11.0. The molecule has 4 N–H and O–H groups in total. The van der Waals surface area contributed by atoms with E-state index >= 15 is 0 Å². The second-order valence-corrected chi connectivity index (χ2v) is 6.62. The molecule has 1 amide bonds. The highest BCUT2D eigenvalue weighted by molar-refractivity contribution is 5.90. The van der Waals surface area contributed by atoms with Crippen molar-refractivity contribution in [2.24, 2.45) is 0 Å². The van der Waals surface area contributed by atoms with Crippen LogP contribution in [0.3, 0.4) is 0 Å². The van der Waals surface area contributed by atoms with Crippen molar-refractivity contribution in [2.75, 3.05) is 6.61 Å². The van der Waals surface area contributed by atoms with Crippen LogP contribution in [-0.4, -0.2) is 28.7 Å². The molecule has 2 atom stereocenters. The highest BCUT2D eigenvalue weighted by Crippen LogP contribution is 2.25. The van der Waals surface area contributed by atoms with Gasteiger partial charge in [0.15, 0.2) is 0 Å². The Morgan fingerprint density at radius 3 is 2.85 bits per heavy atom. The molecule has 0 spiro atoms. The van der Waals surface area contributed by atoms with Gasteiger partial charge in [0, 0.05) is 29.2 Å². The van der Waals surface area contributed by atoms with Crippen LogP contribution in [0.4, 0.5) is 0 Å². The fourth-order valence-electron chi connectivity index (χ4n) is 3.39. The maximum Gasteiger partial charge on any atom is 0.267 e. The topological polar surface area (TPSA) is 86.4 Å². The van der Waals surface area contributed by atoms with Crippen LogP contribution in [0.5, 0.6) is 0 Å². The molecule has 2 heterocycles. The summed E-state index contributed by atoms with van der Waals surface area (Å²) in [4.78, 5) is 14.3. The van der Waals surface area contributed by atoms with Gasteiger partial charge in [-0.25, -0.2) is 5.48 Å². The minimum absolute atomic E-state index is 0.140. The largest absolute Gasteiger partial charge is 0.361 e. The average molecular weight is 363 g/mol. The molecule has 6 heteroatoms. The fourth-order valence-corrected chi connectivity index (χ4v) is 3.39. The third-order valence-corrected chi connectivity index (χ3v) is 4.77. The molecule has 1 saturated heterocycles. The lowest BCUT2D eigenvalue weighted by Gasteiger charge is -2.12. The molecule has 0 radical (unpaired) electrons. The fraction of sp³-hybridized carbons (Fsp3) is 0.190. The van der Waals surface area contributed by atoms with Gasteiger partial charge in [-0.05, 0) is 35.3 Å². The number of nitrogens with one attached hydrogen (secondary N) is 3. The summed E-state index contributed by atoms with van der Waals surface area (Å²) in [5, 5.41) is 13.3. The second-order valence-electron chi connectivity index (χ2n) is 6.62. The van der Waals surface area contributed by atoms with Crippen molar-refractivity contribution < 1.29 is 14.7 Å². The van der Waals surface area contributed by atoms with Crippen molar-refractivity contribution in [3.8, 4) is 0 Å². The summed E-state index contributed by atoms with van der Waals surface area (Å²) in [6.07, 6.45) is 5.74. The highest BCUT2D eigenvalue weighted by atomic mass is 16.5. The summed E-state index contributed by atoms with van der Waals surface area (Å²) in [6.45, 7) is 0.655. The van der Waals surface area contributed by atoms with Gasteiger partial charge >= 0.3 is 0 Å². The van der Waals surface area contributed by atoms with Gasteiger partial charge in [-0.1, -0.05) is 42.5 Å². The molecule has 0 bridgehead atoms. The van der Waals surface area contributed by atoms with E-state index in [9.17, 15) is 4.79 Å². The number of carbonyl (C=O) groups excluding carboxylic acids is 1. The number of carbonyl (C=O) groups is 1. The van der Waals surface area contributed by atoms with Crippen LogP contribution in [0.15, 0.2) is 60.8 Å². The van der Waals surface area contributed by atoms with Crippen LogP contribution < -0.4 is 10.8 Å². The molecular weight excluding hydrogens is 342 g/mol. The summed E-state index contributed by atoms with van der Waals surface area (Å²) in [5.74, 6) is -0.556. The summed E-state index contributed by atoms with van der Waals surface area (Å²) < 4.78 is 5.93. The van der Waals surface area contributed by atoms with E-state index in [0.29, 0.717) is 6.61 Å². The lowest BCUT2D eigenvalue weighted by molar-refractivity contribution is -0.124. The number of hydroxylamine groups is 1. The van der Waals surface area contributed by atoms with Gasteiger partial charge in [-0.3, -0.25) is 15.3 Å². The molecule has 1 aliphatic heterocycles. The number of rotatable bonds is 5. The number of H-pyrrole nitrogens is 1. The lowest BCUT2D eigenvalue weighted by Crippen LogP contribution is -2.27. The molecule has 27 heavy (non-hydrogen) atoms.